The molecule has 0 aliphatic carbocycles. The molecular formula is C37H64N2O13. The number of unbranched alkanes of at least 4 members (excludes halogenated alkanes) is 1. The minimum atomic E-state index is -0.677. The molecule has 15 nitrogen and oxygen atoms in total. The number of ketones is 1. The van der Waals surface area contributed by atoms with E-state index in [4.69, 9.17) is 47.4 Å². The summed E-state index contributed by atoms with van der Waals surface area (Å²) in [6.07, 6.45) is 1.08. The van der Waals surface area contributed by atoms with Crippen LogP contribution in [0.15, 0.2) is 30.3 Å². The van der Waals surface area contributed by atoms with Gasteiger partial charge in [0, 0.05) is 19.1 Å². The van der Waals surface area contributed by atoms with E-state index in [0.717, 1.165) is 5.56 Å². The number of Topliss-reactive ketones (excluding diaryl/α,β-unsaturated/α-hetero) is 1. The summed E-state index contributed by atoms with van der Waals surface area (Å²) in [6, 6.07) is 8.66. The van der Waals surface area contributed by atoms with Crippen LogP contribution in [0.4, 0.5) is 4.79 Å². The summed E-state index contributed by atoms with van der Waals surface area (Å²) < 4.78 is 53.5. The molecule has 15 heteroatoms. The topological polar surface area (TPSA) is 168 Å². The van der Waals surface area contributed by atoms with Crippen molar-refractivity contribution in [3.05, 3.63) is 35.9 Å². The van der Waals surface area contributed by atoms with Crippen molar-refractivity contribution < 1.29 is 61.8 Å². The molecule has 0 radical (unpaired) electrons. The van der Waals surface area contributed by atoms with Gasteiger partial charge in [-0.2, -0.15) is 0 Å². The van der Waals surface area contributed by atoms with Gasteiger partial charge < -0.3 is 58.0 Å². The second-order valence-electron chi connectivity index (χ2n) is 12.6. The van der Waals surface area contributed by atoms with Gasteiger partial charge in [-0.15, -0.1) is 0 Å². The van der Waals surface area contributed by atoms with Crippen LogP contribution in [0.2, 0.25) is 0 Å². The van der Waals surface area contributed by atoms with Crippen LogP contribution in [0.5, 0.6) is 0 Å². The maximum absolute atomic E-state index is 12.9. The highest BCUT2D eigenvalue weighted by Crippen LogP contribution is 2.19. The zero-order chi connectivity index (χ0) is 38.0. The molecule has 1 aromatic carbocycles. The molecule has 300 valence electrons. The van der Waals surface area contributed by atoms with E-state index in [0.29, 0.717) is 125 Å². The molecule has 0 saturated heterocycles. The Kier molecular flexibility index (Phi) is 29.9. The molecule has 0 bridgehead atoms. The van der Waals surface area contributed by atoms with Gasteiger partial charge in [0.25, 0.3) is 0 Å². The van der Waals surface area contributed by atoms with Crippen LogP contribution in [0.1, 0.15) is 45.6 Å². The average Bonchev–Trinajstić information content (AvgIpc) is 3.13. The van der Waals surface area contributed by atoms with Gasteiger partial charge in [-0.3, -0.25) is 9.59 Å². The summed E-state index contributed by atoms with van der Waals surface area (Å²) in [5.74, 6) is -0.306. The van der Waals surface area contributed by atoms with Crippen LogP contribution in [-0.4, -0.2) is 150 Å². The van der Waals surface area contributed by atoms with Crippen LogP contribution in [0.3, 0.4) is 0 Å². The molecule has 1 atom stereocenters. The lowest BCUT2D eigenvalue weighted by Crippen LogP contribution is -2.45. The van der Waals surface area contributed by atoms with Crippen molar-refractivity contribution in [2.75, 3.05) is 126 Å². The third-order valence-electron chi connectivity index (χ3n) is 7.07. The van der Waals surface area contributed by atoms with Crippen molar-refractivity contribution in [2.45, 2.75) is 52.7 Å². The minimum absolute atomic E-state index is 0.0739. The highest BCUT2D eigenvalue weighted by Gasteiger charge is 2.30. The monoisotopic (exact) mass is 744 g/mol. The molecule has 0 saturated carbocycles. The van der Waals surface area contributed by atoms with Crippen LogP contribution in [0, 0.1) is 5.41 Å². The van der Waals surface area contributed by atoms with Crippen LogP contribution in [-0.2, 0) is 63.6 Å². The van der Waals surface area contributed by atoms with Crippen molar-refractivity contribution in [1.82, 2.24) is 10.6 Å². The first-order valence-corrected chi connectivity index (χ1v) is 18.1. The fraction of sp³-hybridized carbons (Fsp3) is 0.757. The number of nitrogens with one attached hydrogen (secondary N) is 2. The van der Waals surface area contributed by atoms with Crippen molar-refractivity contribution in [3.63, 3.8) is 0 Å². The normalized spacial score (nSPS) is 12.1. The summed E-state index contributed by atoms with van der Waals surface area (Å²) >= 11 is 0. The standard InChI is InChI=1S/C37H64N2O13/c1-37(2,3)35(41)33(39-36(42)52-30-32-10-6-5-7-11-32)12-8-9-13-38-34(40)31-51-29-28-50-27-26-49-25-24-48-23-22-47-21-20-46-19-18-45-17-16-44-15-14-43-4/h5-7,10-11,33H,8-9,12-31H2,1-4H3,(H,38,40)(H,39,42)/t33-/m0/s1. The Morgan fingerprint density at radius 1 is 0.615 bits per heavy atom. The predicted octanol–water partition coefficient (Wildman–Crippen LogP) is 2.96. The van der Waals surface area contributed by atoms with Gasteiger partial charge in [0.2, 0.25) is 5.91 Å². The number of amides is 2. The molecule has 52 heavy (non-hydrogen) atoms. The molecule has 1 aromatic rings. The van der Waals surface area contributed by atoms with Crippen molar-refractivity contribution in [2.24, 2.45) is 5.41 Å². The number of hydrogen-bond donors (Lipinski definition) is 2. The van der Waals surface area contributed by atoms with Crippen LogP contribution >= 0.6 is 0 Å². The molecule has 0 aromatic heterocycles. The SMILES string of the molecule is COCCOCCOCCOCCOCCOCCOCCOCCOCC(=O)NCCCC[C@H](NC(=O)OCc1ccccc1)C(=O)C(C)(C)C. The summed E-state index contributed by atoms with van der Waals surface area (Å²) in [6.45, 7) is 13.5. The maximum Gasteiger partial charge on any atom is 0.408 e. The zero-order valence-electron chi connectivity index (χ0n) is 31.8. The third kappa shape index (κ3) is 28.8. The van der Waals surface area contributed by atoms with Crippen molar-refractivity contribution in [1.29, 1.82) is 0 Å². The number of rotatable bonds is 35. The number of alkyl carbamates (subject to hydrolysis) is 1. The third-order valence-corrected chi connectivity index (χ3v) is 7.07. The number of benzene rings is 1. The van der Waals surface area contributed by atoms with E-state index >= 15 is 0 Å². The Morgan fingerprint density at radius 3 is 1.50 bits per heavy atom. The van der Waals surface area contributed by atoms with Crippen molar-refractivity contribution >= 4 is 17.8 Å². The first-order valence-electron chi connectivity index (χ1n) is 18.1. The minimum Gasteiger partial charge on any atom is -0.445 e. The van der Waals surface area contributed by atoms with Gasteiger partial charge in [0.05, 0.1) is 112 Å². The van der Waals surface area contributed by atoms with E-state index in [1.165, 1.54) is 0 Å². The molecular weight excluding hydrogens is 680 g/mol. The number of carbonyl (C=O) groups is 3. The highest BCUT2D eigenvalue weighted by atomic mass is 16.6. The first-order chi connectivity index (χ1) is 25.2. The van der Waals surface area contributed by atoms with Gasteiger partial charge in [0.15, 0.2) is 5.78 Å². The molecule has 0 fully saturated rings. The van der Waals surface area contributed by atoms with Crippen LogP contribution < -0.4 is 10.6 Å². The molecule has 0 spiro atoms. The molecule has 2 amide bonds. The van der Waals surface area contributed by atoms with Gasteiger partial charge in [0.1, 0.15) is 13.2 Å². The Hall–Kier alpha value is -2.73. The van der Waals surface area contributed by atoms with Crippen LogP contribution in [0.25, 0.3) is 0 Å². The first kappa shape index (κ1) is 47.3. The van der Waals surface area contributed by atoms with Crippen molar-refractivity contribution in [3.8, 4) is 0 Å². The van der Waals surface area contributed by atoms with Gasteiger partial charge in [-0.05, 0) is 24.8 Å². The van der Waals surface area contributed by atoms with Gasteiger partial charge in [-0.25, -0.2) is 4.79 Å². The van der Waals surface area contributed by atoms with Gasteiger partial charge in [-0.1, -0.05) is 51.1 Å². The molecule has 0 aliphatic heterocycles. The second kappa shape index (κ2) is 32.9. The highest BCUT2D eigenvalue weighted by molar-refractivity contribution is 5.91. The lowest BCUT2D eigenvalue weighted by molar-refractivity contribution is -0.128. The van der Waals surface area contributed by atoms with E-state index in [1.807, 2.05) is 51.1 Å². The van der Waals surface area contributed by atoms with E-state index < -0.39 is 17.6 Å². The molecule has 0 aliphatic rings. The Balaban J connectivity index is 1.91. The summed E-state index contributed by atoms with van der Waals surface area (Å²) in [5, 5.41) is 5.53. The molecule has 1 rings (SSSR count). The largest absolute Gasteiger partial charge is 0.445 e. The van der Waals surface area contributed by atoms with E-state index in [1.54, 1.807) is 7.11 Å². The Labute approximate surface area is 309 Å². The summed E-state index contributed by atoms with van der Waals surface area (Å²) in [5.41, 5.74) is 0.236. The maximum atomic E-state index is 12.9. The fourth-order valence-corrected chi connectivity index (χ4v) is 4.30. The smallest absolute Gasteiger partial charge is 0.408 e. The predicted molar refractivity (Wildman–Crippen MR) is 193 cm³/mol. The second-order valence-corrected chi connectivity index (χ2v) is 12.6. The number of hydrogen-bond acceptors (Lipinski definition) is 13. The lowest BCUT2D eigenvalue weighted by atomic mass is 9.85. The summed E-state index contributed by atoms with van der Waals surface area (Å²) in [4.78, 5) is 37.4. The Bertz CT molecular complexity index is 1010. The van der Waals surface area contributed by atoms with E-state index in [-0.39, 0.29) is 31.5 Å². The zero-order valence-corrected chi connectivity index (χ0v) is 31.8. The Morgan fingerprint density at radius 2 is 1.06 bits per heavy atom. The quantitative estimate of drug-likeness (QED) is 0.0975. The fourth-order valence-electron chi connectivity index (χ4n) is 4.30. The molecule has 2 N–H and O–H groups in total. The van der Waals surface area contributed by atoms with E-state index in [9.17, 15) is 14.4 Å². The molecule has 0 unspecified atom stereocenters. The number of ether oxygens (including phenoxy) is 10. The number of methoxy groups -OCH3 is 1. The molecule has 0 heterocycles. The number of carbonyl (C=O) groups excluding carboxylic acids is 3. The summed E-state index contributed by atoms with van der Waals surface area (Å²) in [7, 11) is 1.64. The van der Waals surface area contributed by atoms with E-state index in [2.05, 4.69) is 10.6 Å². The lowest BCUT2D eigenvalue weighted by Gasteiger charge is -2.25. The van der Waals surface area contributed by atoms with Gasteiger partial charge >= 0.3 is 6.09 Å². The average molecular weight is 745 g/mol.